The van der Waals surface area contributed by atoms with Crippen molar-refractivity contribution in [1.82, 2.24) is 0 Å². The van der Waals surface area contributed by atoms with Crippen LogP contribution in [0.1, 0.15) is 25.0 Å². The average Bonchev–Trinajstić information content (AvgIpc) is 3.42. The first-order chi connectivity index (χ1) is 20.6. The topological polar surface area (TPSA) is 13.1 Å². The van der Waals surface area contributed by atoms with Crippen molar-refractivity contribution in [2.45, 2.75) is 19.3 Å². The highest BCUT2D eigenvalue weighted by atomic mass is 16.3. The van der Waals surface area contributed by atoms with Crippen molar-refractivity contribution in [3.8, 4) is 33.4 Å². The van der Waals surface area contributed by atoms with Crippen LogP contribution in [0.5, 0.6) is 0 Å². The summed E-state index contributed by atoms with van der Waals surface area (Å²) in [4.78, 5) is 0. The third-order valence-electron chi connectivity index (χ3n) is 9.46. The molecule has 0 amide bonds. The fourth-order valence-corrected chi connectivity index (χ4v) is 7.55. The highest BCUT2D eigenvalue weighted by Gasteiger charge is 2.34. The van der Waals surface area contributed by atoms with Gasteiger partial charge >= 0.3 is 0 Å². The Morgan fingerprint density at radius 3 is 1.93 bits per heavy atom. The molecule has 1 heteroatoms. The van der Waals surface area contributed by atoms with Crippen LogP contribution in [0.4, 0.5) is 0 Å². The molecule has 8 aromatic rings. The van der Waals surface area contributed by atoms with Crippen molar-refractivity contribution >= 4 is 43.5 Å². The van der Waals surface area contributed by atoms with E-state index < -0.39 is 0 Å². The second-order valence-corrected chi connectivity index (χ2v) is 12.1. The minimum absolute atomic E-state index is 0.0956. The molecule has 0 saturated carbocycles. The molecule has 1 heterocycles. The number of furan rings is 1. The molecule has 0 N–H and O–H groups in total. The van der Waals surface area contributed by atoms with E-state index in [0.717, 1.165) is 33.1 Å². The van der Waals surface area contributed by atoms with Crippen LogP contribution in [0.2, 0.25) is 0 Å². The van der Waals surface area contributed by atoms with E-state index in [1.165, 1.54) is 54.9 Å². The van der Waals surface area contributed by atoms with E-state index in [9.17, 15) is 0 Å². The Hall–Kier alpha value is -5.14. The average molecular weight is 537 g/mol. The predicted octanol–water partition coefficient (Wildman–Crippen LogP) is 11.5. The van der Waals surface area contributed by atoms with E-state index in [-0.39, 0.29) is 5.41 Å². The van der Waals surface area contributed by atoms with Crippen LogP contribution in [0.25, 0.3) is 76.9 Å². The summed E-state index contributed by atoms with van der Waals surface area (Å²) in [6.07, 6.45) is 0. The van der Waals surface area contributed by atoms with Gasteiger partial charge in [-0.1, -0.05) is 135 Å². The van der Waals surface area contributed by atoms with Crippen molar-refractivity contribution < 1.29 is 4.42 Å². The fourth-order valence-electron chi connectivity index (χ4n) is 7.55. The monoisotopic (exact) mass is 536 g/mol. The maximum absolute atomic E-state index is 6.43. The van der Waals surface area contributed by atoms with Gasteiger partial charge in [0.05, 0.1) is 0 Å². The molecule has 1 aromatic heterocycles. The zero-order valence-corrected chi connectivity index (χ0v) is 23.6. The van der Waals surface area contributed by atoms with E-state index in [1.807, 2.05) is 6.07 Å². The van der Waals surface area contributed by atoms with Crippen LogP contribution in [0.15, 0.2) is 138 Å². The summed E-state index contributed by atoms with van der Waals surface area (Å²) in [7, 11) is 0. The zero-order chi connectivity index (χ0) is 28.0. The molecule has 0 radical (unpaired) electrons. The second-order valence-electron chi connectivity index (χ2n) is 12.1. The quantitative estimate of drug-likeness (QED) is 0.200. The third-order valence-corrected chi connectivity index (χ3v) is 9.46. The Kier molecular flexibility index (Phi) is 4.73. The number of fused-ring (bicyclic) bond motifs is 7. The minimum Gasteiger partial charge on any atom is -0.455 e. The van der Waals surface area contributed by atoms with Crippen LogP contribution in [0, 0.1) is 0 Å². The van der Waals surface area contributed by atoms with Gasteiger partial charge in [-0.15, -0.1) is 0 Å². The molecule has 0 spiro atoms. The lowest BCUT2D eigenvalue weighted by atomic mass is 9.67. The number of para-hydroxylation sites is 2. The van der Waals surface area contributed by atoms with Crippen LogP contribution in [-0.2, 0) is 5.41 Å². The smallest absolute Gasteiger partial charge is 0.143 e. The molecular weight excluding hydrogens is 508 g/mol. The predicted molar refractivity (Wildman–Crippen MR) is 177 cm³/mol. The Bertz CT molecular complexity index is 2380. The van der Waals surface area contributed by atoms with Crippen molar-refractivity contribution in [2.75, 3.05) is 0 Å². The molecule has 0 atom stereocenters. The summed E-state index contributed by atoms with van der Waals surface area (Å²) in [6.45, 7) is 4.74. The highest BCUT2D eigenvalue weighted by Crippen LogP contribution is 2.53. The second kappa shape index (κ2) is 8.44. The Balaban J connectivity index is 1.37. The van der Waals surface area contributed by atoms with Crippen molar-refractivity contribution in [2.24, 2.45) is 0 Å². The molecule has 1 nitrogen and oxygen atoms in total. The van der Waals surface area contributed by atoms with Gasteiger partial charge in [-0.2, -0.15) is 0 Å². The third kappa shape index (κ3) is 3.08. The van der Waals surface area contributed by atoms with Crippen molar-refractivity contribution in [3.63, 3.8) is 0 Å². The van der Waals surface area contributed by atoms with Gasteiger partial charge in [0.2, 0.25) is 0 Å². The summed E-state index contributed by atoms with van der Waals surface area (Å²) in [6, 6.07) is 48.6. The van der Waals surface area contributed by atoms with Gasteiger partial charge in [0.15, 0.2) is 0 Å². The van der Waals surface area contributed by atoms with Gasteiger partial charge in [-0.3, -0.25) is 0 Å². The lowest BCUT2D eigenvalue weighted by molar-refractivity contribution is 0.645. The van der Waals surface area contributed by atoms with Gasteiger partial charge in [-0.25, -0.2) is 0 Å². The first kappa shape index (κ1) is 23.6. The first-order valence-corrected chi connectivity index (χ1v) is 14.7. The molecule has 9 rings (SSSR count). The number of hydrogen-bond acceptors (Lipinski definition) is 1. The van der Waals surface area contributed by atoms with Crippen molar-refractivity contribution in [1.29, 1.82) is 0 Å². The Morgan fingerprint density at radius 1 is 0.452 bits per heavy atom. The van der Waals surface area contributed by atoms with E-state index in [0.29, 0.717) is 0 Å². The van der Waals surface area contributed by atoms with Gasteiger partial charge in [0, 0.05) is 21.8 Å². The normalized spacial score (nSPS) is 13.7. The Labute approximate surface area is 244 Å². The molecule has 0 saturated heterocycles. The lowest BCUT2D eigenvalue weighted by Crippen LogP contribution is -2.23. The van der Waals surface area contributed by atoms with Crippen LogP contribution in [0.3, 0.4) is 0 Å². The van der Waals surface area contributed by atoms with Crippen LogP contribution < -0.4 is 0 Å². The fraction of sp³-hybridized carbons (Fsp3) is 0.0732. The molecule has 1 aliphatic rings. The first-order valence-electron chi connectivity index (χ1n) is 14.7. The van der Waals surface area contributed by atoms with Crippen molar-refractivity contribution in [3.05, 3.63) is 145 Å². The Morgan fingerprint density at radius 2 is 1.05 bits per heavy atom. The highest BCUT2D eigenvalue weighted by molar-refractivity contribution is 6.23. The van der Waals surface area contributed by atoms with Gasteiger partial charge < -0.3 is 4.42 Å². The lowest BCUT2D eigenvalue weighted by Gasteiger charge is -2.36. The zero-order valence-electron chi connectivity index (χ0n) is 23.6. The van der Waals surface area contributed by atoms with E-state index in [1.54, 1.807) is 0 Å². The molecule has 7 aromatic carbocycles. The number of hydrogen-bond donors (Lipinski definition) is 0. The molecule has 0 bridgehead atoms. The molecule has 1 aliphatic carbocycles. The van der Waals surface area contributed by atoms with E-state index >= 15 is 0 Å². The van der Waals surface area contributed by atoms with Gasteiger partial charge in [0.25, 0.3) is 0 Å². The maximum Gasteiger partial charge on any atom is 0.143 e. The van der Waals surface area contributed by atoms with Gasteiger partial charge in [-0.05, 0) is 72.6 Å². The minimum atomic E-state index is -0.0956. The van der Waals surface area contributed by atoms with Gasteiger partial charge in [0.1, 0.15) is 11.2 Å². The molecule has 0 aliphatic heterocycles. The number of rotatable bonds is 2. The molecule has 42 heavy (non-hydrogen) atoms. The standard InChI is InChI=1S/C41H28O/c1-41(2)34-21-7-5-17-32(34)38-30-16-4-3-15-29(30)37(33-20-11-22-35(41)39(33)38)26-13-9-12-25(24-26)27-18-10-19-31-28-14-6-8-23-36(28)42-40(27)31/h3-24H,1-2H3. The summed E-state index contributed by atoms with van der Waals surface area (Å²) in [5.74, 6) is 0. The summed E-state index contributed by atoms with van der Waals surface area (Å²) >= 11 is 0. The largest absolute Gasteiger partial charge is 0.455 e. The molecule has 0 unspecified atom stereocenters. The van der Waals surface area contributed by atoms with E-state index in [2.05, 4.69) is 141 Å². The SMILES string of the molecule is CC1(C)c2ccccc2-c2c3ccccc3c(-c3cccc(-c4cccc5c4oc4ccccc45)c3)c3cccc1c23. The maximum atomic E-state index is 6.43. The van der Waals surface area contributed by atoms with Crippen LogP contribution >= 0.6 is 0 Å². The number of benzene rings is 7. The summed E-state index contributed by atoms with van der Waals surface area (Å²) in [5, 5.41) is 7.58. The molecule has 0 fully saturated rings. The summed E-state index contributed by atoms with van der Waals surface area (Å²) < 4.78 is 6.43. The van der Waals surface area contributed by atoms with Crippen LogP contribution in [-0.4, -0.2) is 0 Å². The van der Waals surface area contributed by atoms with E-state index in [4.69, 9.17) is 4.42 Å². The summed E-state index contributed by atoms with van der Waals surface area (Å²) in [5.41, 5.74) is 12.0. The molecule has 198 valence electrons. The molecular formula is C41H28O.